The van der Waals surface area contributed by atoms with Crippen molar-refractivity contribution in [3.8, 4) is 0 Å². The molecular weight excluding hydrogens is 334 g/mol. The summed E-state index contributed by atoms with van der Waals surface area (Å²) in [6.07, 6.45) is 1.34. The van der Waals surface area contributed by atoms with Crippen molar-refractivity contribution in [2.24, 2.45) is 5.92 Å². The first-order valence-corrected chi connectivity index (χ1v) is 7.13. The smallest absolute Gasteiger partial charge is 0.308 e. The van der Waals surface area contributed by atoms with Crippen molar-refractivity contribution < 1.29 is 14.7 Å². The molecule has 1 aliphatic rings. The van der Waals surface area contributed by atoms with Crippen LogP contribution in [0.15, 0.2) is 22.7 Å². The molecule has 2 rings (SSSR count). The number of carbonyl (C=O) groups excluding carboxylic acids is 1. The maximum atomic E-state index is 12.3. The van der Waals surface area contributed by atoms with E-state index in [4.69, 9.17) is 16.7 Å². The van der Waals surface area contributed by atoms with Gasteiger partial charge < -0.3 is 10.0 Å². The Hall–Kier alpha value is -1.07. The number of nitrogens with zero attached hydrogens (tertiary/aromatic N) is 1. The number of benzene rings is 1. The molecule has 1 N–H and O–H groups in total. The fourth-order valence-electron chi connectivity index (χ4n) is 2.17. The summed E-state index contributed by atoms with van der Waals surface area (Å²) in [6, 6.07) is 5.00. The number of rotatable bonds is 2. The third-order valence-electron chi connectivity index (χ3n) is 3.22. The molecule has 0 aromatic heterocycles. The highest BCUT2D eigenvalue weighted by Gasteiger charge is 2.28. The molecule has 1 aromatic rings. The van der Waals surface area contributed by atoms with E-state index in [0.29, 0.717) is 30.0 Å². The Morgan fingerprint density at radius 2 is 2.16 bits per heavy atom. The largest absolute Gasteiger partial charge is 0.481 e. The molecule has 19 heavy (non-hydrogen) atoms. The third-order valence-corrected chi connectivity index (χ3v) is 4.46. The summed E-state index contributed by atoms with van der Waals surface area (Å²) in [5, 5.41) is 9.49. The second kappa shape index (κ2) is 5.92. The molecule has 1 aromatic carbocycles. The lowest BCUT2D eigenvalue weighted by atomic mass is 9.97. The van der Waals surface area contributed by atoms with Crippen molar-refractivity contribution in [1.29, 1.82) is 0 Å². The number of carboxylic acids is 1. The second-order valence-corrected chi connectivity index (χ2v) is 5.82. The molecule has 0 spiro atoms. The first-order chi connectivity index (χ1) is 8.99. The molecule has 1 amide bonds. The number of aliphatic carboxylic acids is 1. The predicted molar refractivity (Wildman–Crippen MR) is 75.4 cm³/mol. The van der Waals surface area contributed by atoms with Crippen LogP contribution in [0.4, 0.5) is 0 Å². The predicted octanol–water partition coefficient (Wildman–Crippen LogP) is 3.04. The van der Waals surface area contributed by atoms with Gasteiger partial charge in [0.1, 0.15) is 0 Å². The van der Waals surface area contributed by atoms with E-state index in [1.807, 2.05) is 0 Å². The van der Waals surface area contributed by atoms with E-state index >= 15 is 0 Å². The second-order valence-electron chi connectivity index (χ2n) is 4.56. The molecule has 0 saturated carbocycles. The molecule has 1 heterocycles. The Kier molecular flexibility index (Phi) is 4.47. The first kappa shape index (κ1) is 14.3. The fourth-order valence-corrected chi connectivity index (χ4v) is 2.60. The number of likely N-dealkylation sites (tertiary alicyclic amines) is 1. The van der Waals surface area contributed by atoms with Crippen molar-refractivity contribution in [2.45, 2.75) is 12.8 Å². The van der Waals surface area contributed by atoms with Crippen LogP contribution in [0.3, 0.4) is 0 Å². The van der Waals surface area contributed by atoms with Crippen LogP contribution in [0.1, 0.15) is 23.2 Å². The van der Waals surface area contributed by atoms with Crippen LogP contribution in [0, 0.1) is 5.92 Å². The molecule has 0 unspecified atom stereocenters. The van der Waals surface area contributed by atoms with Gasteiger partial charge in [-0.05, 0) is 47.0 Å². The van der Waals surface area contributed by atoms with Crippen LogP contribution in [-0.2, 0) is 4.79 Å². The van der Waals surface area contributed by atoms with Gasteiger partial charge in [-0.15, -0.1) is 0 Å². The molecule has 1 atom stereocenters. The van der Waals surface area contributed by atoms with E-state index < -0.39 is 11.9 Å². The van der Waals surface area contributed by atoms with Gasteiger partial charge in [-0.3, -0.25) is 9.59 Å². The molecule has 1 fully saturated rings. The average molecular weight is 347 g/mol. The highest BCUT2D eigenvalue weighted by Crippen LogP contribution is 2.25. The van der Waals surface area contributed by atoms with E-state index in [2.05, 4.69) is 15.9 Å². The van der Waals surface area contributed by atoms with Gasteiger partial charge in [-0.1, -0.05) is 11.6 Å². The molecule has 1 aliphatic heterocycles. The Balaban J connectivity index is 2.14. The maximum Gasteiger partial charge on any atom is 0.308 e. The van der Waals surface area contributed by atoms with Crippen LogP contribution in [-0.4, -0.2) is 35.0 Å². The van der Waals surface area contributed by atoms with Crippen molar-refractivity contribution in [3.63, 3.8) is 0 Å². The van der Waals surface area contributed by atoms with Crippen molar-refractivity contribution in [3.05, 3.63) is 33.3 Å². The monoisotopic (exact) mass is 345 g/mol. The lowest BCUT2D eigenvalue weighted by molar-refractivity contribution is -0.143. The van der Waals surface area contributed by atoms with E-state index in [9.17, 15) is 9.59 Å². The van der Waals surface area contributed by atoms with E-state index in [-0.39, 0.29) is 12.5 Å². The van der Waals surface area contributed by atoms with Gasteiger partial charge in [0.05, 0.1) is 10.9 Å². The van der Waals surface area contributed by atoms with Crippen LogP contribution in [0.25, 0.3) is 0 Å². The minimum atomic E-state index is -0.841. The fraction of sp³-hybridized carbons (Fsp3) is 0.385. The highest BCUT2D eigenvalue weighted by molar-refractivity contribution is 9.10. The normalized spacial score (nSPS) is 19.3. The zero-order valence-electron chi connectivity index (χ0n) is 10.1. The number of carbonyl (C=O) groups is 2. The molecule has 0 bridgehead atoms. The van der Waals surface area contributed by atoms with E-state index in [0.717, 1.165) is 4.47 Å². The number of amides is 1. The summed E-state index contributed by atoms with van der Waals surface area (Å²) >= 11 is 9.23. The molecule has 6 heteroatoms. The molecule has 4 nitrogen and oxygen atoms in total. The topological polar surface area (TPSA) is 57.6 Å². The maximum absolute atomic E-state index is 12.3. The van der Waals surface area contributed by atoms with Crippen molar-refractivity contribution >= 4 is 39.4 Å². The summed E-state index contributed by atoms with van der Waals surface area (Å²) in [6.45, 7) is 0.859. The third kappa shape index (κ3) is 3.28. The Bertz CT molecular complexity index is 521. The number of carboxylic acid groups (broad SMARTS) is 1. The molecule has 102 valence electrons. The number of hydrogen-bond acceptors (Lipinski definition) is 2. The summed E-state index contributed by atoms with van der Waals surface area (Å²) in [5.74, 6) is -1.48. The SMILES string of the molecule is O=C(O)[C@H]1CCCN(C(=O)c2ccc(Br)c(Cl)c2)C1. The van der Waals surface area contributed by atoms with Crippen molar-refractivity contribution in [1.82, 2.24) is 4.90 Å². The lowest BCUT2D eigenvalue weighted by Crippen LogP contribution is -2.42. The Labute approximate surface area is 124 Å². The van der Waals surface area contributed by atoms with Crippen molar-refractivity contribution in [2.75, 3.05) is 13.1 Å². The standard InChI is InChI=1S/C13H13BrClNO3/c14-10-4-3-8(6-11(10)15)12(17)16-5-1-2-9(7-16)13(18)19/h3-4,6,9H,1-2,5,7H2,(H,18,19)/t9-/m0/s1. The number of halogens is 2. The van der Waals surface area contributed by atoms with Gasteiger partial charge in [0.2, 0.25) is 0 Å². The Morgan fingerprint density at radius 1 is 1.42 bits per heavy atom. The summed E-state index contributed by atoms with van der Waals surface area (Å²) in [4.78, 5) is 24.9. The zero-order valence-corrected chi connectivity index (χ0v) is 12.4. The van der Waals surface area contributed by atoms with Gasteiger partial charge in [0.15, 0.2) is 0 Å². The van der Waals surface area contributed by atoms with Crippen LogP contribution >= 0.6 is 27.5 Å². The molecule has 1 saturated heterocycles. The molecular formula is C13H13BrClNO3. The van der Waals surface area contributed by atoms with Gasteiger partial charge >= 0.3 is 5.97 Å². The summed E-state index contributed by atoms with van der Waals surface area (Å²) < 4.78 is 0.729. The van der Waals surface area contributed by atoms with Crippen LogP contribution in [0.5, 0.6) is 0 Å². The van der Waals surface area contributed by atoms with Gasteiger partial charge in [-0.2, -0.15) is 0 Å². The summed E-state index contributed by atoms with van der Waals surface area (Å²) in [7, 11) is 0. The quantitative estimate of drug-likeness (QED) is 0.895. The lowest BCUT2D eigenvalue weighted by Gasteiger charge is -2.30. The van der Waals surface area contributed by atoms with Crippen LogP contribution < -0.4 is 0 Å². The minimum absolute atomic E-state index is 0.166. The van der Waals surface area contributed by atoms with E-state index in [1.54, 1.807) is 23.1 Å². The summed E-state index contributed by atoms with van der Waals surface area (Å²) in [5.41, 5.74) is 0.485. The van der Waals surface area contributed by atoms with Gasteiger partial charge in [0.25, 0.3) is 5.91 Å². The van der Waals surface area contributed by atoms with Gasteiger partial charge in [-0.25, -0.2) is 0 Å². The minimum Gasteiger partial charge on any atom is -0.481 e. The number of hydrogen-bond donors (Lipinski definition) is 1. The Morgan fingerprint density at radius 3 is 2.79 bits per heavy atom. The first-order valence-electron chi connectivity index (χ1n) is 5.96. The average Bonchev–Trinajstić information content (AvgIpc) is 2.41. The molecule has 0 radical (unpaired) electrons. The van der Waals surface area contributed by atoms with Crippen LogP contribution in [0.2, 0.25) is 5.02 Å². The van der Waals surface area contributed by atoms with E-state index in [1.165, 1.54) is 0 Å². The van der Waals surface area contributed by atoms with Gasteiger partial charge in [0, 0.05) is 23.1 Å². The highest BCUT2D eigenvalue weighted by atomic mass is 79.9. The number of piperidine rings is 1. The zero-order chi connectivity index (χ0) is 14.0. The molecule has 0 aliphatic carbocycles.